The number of rotatable bonds is 4. The predicted molar refractivity (Wildman–Crippen MR) is 66.3 cm³/mol. The maximum absolute atomic E-state index is 4.57. The van der Waals surface area contributed by atoms with Crippen LogP contribution >= 0.6 is 0 Å². The van der Waals surface area contributed by atoms with Gasteiger partial charge in [-0.3, -0.25) is 9.88 Å². The molecular formula is C13H21N3. The molecule has 1 N–H and O–H groups in total. The van der Waals surface area contributed by atoms with Gasteiger partial charge in [0.25, 0.3) is 0 Å². The molecule has 0 bridgehead atoms. The third kappa shape index (κ3) is 2.80. The van der Waals surface area contributed by atoms with Crippen LogP contribution in [-0.2, 0) is 6.54 Å². The van der Waals surface area contributed by atoms with Crippen LogP contribution in [0.3, 0.4) is 0 Å². The summed E-state index contributed by atoms with van der Waals surface area (Å²) in [5.41, 5.74) is 2.30. The van der Waals surface area contributed by atoms with Crippen molar-refractivity contribution in [3.63, 3.8) is 0 Å². The van der Waals surface area contributed by atoms with Gasteiger partial charge < -0.3 is 5.32 Å². The number of aromatic nitrogens is 1. The zero-order valence-electron chi connectivity index (χ0n) is 10.2. The quantitative estimate of drug-likeness (QED) is 0.833. The largest absolute Gasteiger partial charge is 0.315 e. The molecule has 3 heteroatoms. The van der Waals surface area contributed by atoms with Gasteiger partial charge in [0.2, 0.25) is 0 Å². The van der Waals surface area contributed by atoms with Crippen LogP contribution in [0.1, 0.15) is 24.7 Å². The number of aryl methyl sites for hydroxylation is 1. The smallest absolute Gasteiger partial charge is 0.0547 e. The van der Waals surface area contributed by atoms with Crippen LogP contribution in [-0.4, -0.2) is 35.6 Å². The van der Waals surface area contributed by atoms with E-state index in [1.165, 1.54) is 12.1 Å². The molecule has 1 aromatic rings. The van der Waals surface area contributed by atoms with Gasteiger partial charge in [-0.15, -0.1) is 0 Å². The van der Waals surface area contributed by atoms with E-state index in [0.717, 1.165) is 31.9 Å². The number of pyridine rings is 1. The second kappa shape index (κ2) is 5.41. The molecule has 2 rings (SSSR count). The van der Waals surface area contributed by atoms with Gasteiger partial charge in [0.15, 0.2) is 0 Å². The van der Waals surface area contributed by atoms with Gasteiger partial charge in [-0.05, 0) is 38.6 Å². The molecule has 88 valence electrons. The van der Waals surface area contributed by atoms with Crippen molar-refractivity contribution in [1.29, 1.82) is 0 Å². The molecule has 0 spiro atoms. The first-order chi connectivity index (χ1) is 7.79. The summed E-state index contributed by atoms with van der Waals surface area (Å²) in [7, 11) is 0. The average molecular weight is 219 g/mol. The lowest BCUT2D eigenvalue weighted by Crippen LogP contribution is -2.36. The van der Waals surface area contributed by atoms with Crippen LogP contribution in [0.5, 0.6) is 0 Å². The first-order valence-corrected chi connectivity index (χ1v) is 6.17. The fourth-order valence-corrected chi connectivity index (χ4v) is 2.35. The van der Waals surface area contributed by atoms with Gasteiger partial charge in [-0.1, -0.05) is 13.0 Å². The number of hydrogen-bond donors (Lipinski definition) is 1. The molecule has 0 radical (unpaired) electrons. The Morgan fingerprint density at radius 2 is 2.38 bits per heavy atom. The van der Waals surface area contributed by atoms with E-state index < -0.39 is 0 Å². The van der Waals surface area contributed by atoms with Gasteiger partial charge in [0, 0.05) is 24.8 Å². The number of hydrogen-bond acceptors (Lipinski definition) is 3. The van der Waals surface area contributed by atoms with E-state index in [4.69, 9.17) is 0 Å². The minimum Gasteiger partial charge on any atom is -0.315 e. The Balaban J connectivity index is 2.00. The minimum atomic E-state index is 0.687. The summed E-state index contributed by atoms with van der Waals surface area (Å²) in [6.45, 7) is 8.64. The van der Waals surface area contributed by atoms with Crippen LogP contribution in [0.4, 0.5) is 0 Å². The van der Waals surface area contributed by atoms with E-state index in [-0.39, 0.29) is 0 Å². The molecule has 0 amide bonds. The van der Waals surface area contributed by atoms with E-state index in [9.17, 15) is 0 Å². The molecule has 1 saturated heterocycles. The van der Waals surface area contributed by atoms with Crippen molar-refractivity contribution in [1.82, 2.24) is 15.2 Å². The lowest BCUT2D eigenvalue weighted by molar-refractivity contribution is 0.208. The highest BCUT2D eigenvalue weighted by molar-refractivity contribution is 5.10. The lowest BCUT2D eigenvalue weighted by Gasteiger charge is -2.26. The Morgan fingerprint density at radius 1 is 1.50 bits per heavy atom. The normalized spacial score (nSPS) is 20.6. The molecule has 1 atom stereocenters. The molecule has 1 aliphatic heterocycles. The molecule has 0 aromatic carbocycles. The average Bonchev–Trinajstić information content (AvgIpc) is 2.79. The monoisotopic (exact) mass is 219 g/mol. The Bertz CT molecular complexity index is 332. The zero-order chi connectivity index (χ0) is 11.4. The first-order valence-electron chi connectivity index (χ1n) is 6.17. The number of likely N-dealkylation sites (N-methyl/N-ethyl adjacent to an activating group) is 1. The van der Waals surface area contributed by atoms with Crippen molar-refractivity contribution in [3.05, 3.63) is 29.6 Å². The second-order valence-corrected chi connectivity index (χ2v) is 4.48. The van der Waals surface area contributed by atoms with Crippen LogP contribution in [0.25, 0.3) is 0 Å². The van der Waals surface area contributed by atoms with E-state index >= 15 is 0 Å². The molecule has 1 unspecified atom stereocenters. The summed E-state index contributed by atoms with van der Waals surface area (Å²) in [6.07, 6.45) is 1.26. The molecule has 1 aromatic heterocycles. The van der Waals surface area contributed by atoms with Crippen molar-refractivity contribution in [3.8, 4) is 0 Å². The summed E-state index contributed by atoms with van der Waals surface area (Å²) in [6, 6.07) is 6.96. The Hall–Kier alpha value is -0.930. The summed E-state index contributed by atoms with van der Waals surface area (Å²) >= 11 is 0. The Kier molecular flexibility index (Phi) is 3.91. The summed E-state index contributed by atoms with van der Waals surface area (Å²) < 4.78 is 0. The van der Waals surface area contributed by atoms with Gasteiger partial charge in [-0.2, -0.15) is 0 Å². The highest BCUT2D eigenvalue weighted by atomic mass is 15.2. The van der Waals surface area contributed by atoms with E-state index in [1.807, 2.05) is 0 Å². The molecule has 16 heavy (non-hydrogen) atoms. The van der Waals surface area contributed by atoms with Crippen LogP contribution in [0.2, 0.25) is 0 Å². The standard InChI is InChI=1S/C13H21N3/c1-3-16(13-7-8-14-9-13)10-12-6-4-5-11(2)15-12/h4-6,13-14H,3,7-10H2,1-2H3. The summed E-state index contributed by atoms with van der Waals surface area (Å²) in [5.74, 6) is 0. The Morgan fingerprint density at radius 3 is 3.00 bits per heavy atom. The van der Waals surface area contributed by atoms with Crippen LogP contribution < -0.4 is 5.32 Å². The fraction of sp³-hybridized carbons (Fsp3) is 0.615. The molecular weight excluding hydrogens is 198 g/mol. The fourth-order valence-electron chi connectivity index (χ4n) is 2.35. The molecule has 0 aliphatic carbocycles. The van der Waals surface area contributed by atoms with Gasteiger partial charge in [-0.25, -0.2) is 0 Å². The van der Waals surface area contributed by atoms with Crippen LogP contribution in [0.15, 0.2) is 18.2 Å². The number of nitrogens with one attached hydrogen (secondary N) is 1. The van der Waals surface area contributed by atoms with E-state index in [1.54, 1.807) is 0 Å². The molecule has 1 aliphatic rings. The lowest BCUT2D eigenvalue weighted by atomic mass is 10.2. The van der Waals surface area contributed by atoms with E-state index in [2.05, 4.69) is 47.2 Å². The SMILES string of the molecule is CCN(Cc1cccc(C)n1)C1CCNC1. The summed E-state index contributed by atoms with van der Waals surface area (Å²) in [4.78, 5) is 7.09. The minimum absolute atomic E-state index is 0.687. The van der Waals surface area contributed by atoms with Crippen molar-refractivity contribution >= 4 is 0 Å². The first kappa shape index (κ1) is 11.6. The number of nitrogens with zero attached hydrogens (tertiary/aromatic N) is 2. The van der Waals surface area contributed by atoms with Gasteiger partial charge in [0.05, 0.1) is 5.69 Å². The summed E-state index contributed by atoms with van der Waals surface area (Å²) in [5, 5.41) is 3.42. The van der Waals surface area contributed by atoms with Crippen molar-refractivity contribution in [2.24, 2.45) is 0 Å². The molecule has 0 saturated carbocycles. The van der Waals surface area contributed by atoms with E-state index in [0.29, 0.717) is 6.04 Å². The second-order valence-electron chi connectivity index (χ2n) is 4.48. The maximum Gasteiger partial charge on any atom is 0.0547 e. The third-order valence-corrected chi connectivity index (χ3v) is 3.27. The third-order valence-electron chi connectivity index (χ3n) is 3.27. The molecule has 1 fully saturated rings. The Labute approximate surface area is 97.9 Å². The van der Waals surface area contributed by atoms with Crippen molar-refractivity contribution in [2.45, 2.75) is 32.9 Å². The van der Waals surface area contributed by atoms with Gasteiger partial charge >= 0.3 is 0 Å². The predicted octanol–water partition coefficient (Wildman–Crippen LogP) is 1.57. The topological polar surface area (TPSA) is 28.2 Å². The molecule has 2 heterocycles. The van der Waals surface area contributed by atoms with Crippen molar-refractivity contribution < 1.29 is 0 Å². The van der Waals surface area contributed by atoms with Crippen molar-refractivity contribution in [2.75, 3.05) is 19.6 Å². The highest BCUT2D eigenvalue weighted by Gasteiger charge is 2.21. The zero-order valence-corrected chi connectivity index (χ0v) is 10.2. The van der Waals surface area contributed by atoms with Crippen LogP contribution in [0, 0.1) is 6.92 Å². The maximum atomic E-state index is 4.57. The highest BCUT2D eigenvalue weighted by Crippen LogP contribution is 2.12. The van der Waals surface area contributed by atoms with Gasteiger partial charge in [0.1, 0.15) is 0 Å². The molecule has 3 nitrogen and oxygen atoms in total.